The fraction of sp³-hybridized carbons (Fsp3) is 0.891. The van der Waals surface area contributed by atoms with Gasteiger partial charge in [-0.05, 0) is 51.4 Å². The molecule has 0 rings (SSSR count). The van der Waals surface area contributed by atoms with Gasteiger partial charge in [0.1, 0.15) is 13.2 Å². The van der Waals surface area contributed by atoms with Crippen molar-refractivity contribution in [2.75, 3.05) is 13.2 Å². The van der Waals surface area contributed by atoms with E-state index in [1.54, 1.807) is 0 Å². The van der Waals surface area contributed by atoms with E-state index in [4.69, 9.17) is 14.2 Å². The average molecular weight is 986 g/mol. The molecule has 0 N–H and O–H groups in total. The molecule has 0 amide bonds. The lowest BCUT2D eigenvalue weighted by molar-refractivity contribution is -0.167. The molecule has 0 radical (unpaired) electrons. The quantitative estimate of drug-likeness (QED) is 0.0261. The second-order valence-electron chi connectivity index (χ2n) is 21.3. The van der Waals surface area contributed by atoms with Crippen LogP contribution in [0, 0.1) is 0 Å². The van der Waals surface area contributed by atoms with Gasteiger partial charge in [-0.25, -0.2) is 0 Å². The van der Waals surface area contributed by atoms with Crippen LogP contribution < -0.4 is 0 Å². The van der Waals surface area contributed by atoms with Crippen molar-refractivity contribution in [3.8, 4) is 0 Å². The van der Waals surface area contributed by atoms with Crippen LogP contribution >= 0.6 is 0 Å². The van der Waals surface area contributed by atoms with Crippen molar-refractivity contribution in [1.82, 2.24) is 0 Å². The van der Waals surface area contributed by atoms with Crippen LogP contribution in [0.3, 0.4) is 0 Å². The van der Waals surface area contributed by atoms with Crippen LogP contribution in [-0.4, -0.2) is 37.2 Å². The maximum atomic E-state index is 12.7. The van der Waals surface area contributed by atoms with Crippen molar-refractivity contribution in [3.05, 3.63) is 24.3 Å². The van der Waals surface area contributed by atoms with Gasteiger partial charge in [-0.3, -0.25) is 14.4 Å². The number of allylic oxidation sites excluding steroid dienone is 4. The smallest absolute Gasteiger partial charge is 0.306 e. The van der Waals surface area contributed by atoms with E-state index in [1.807, 2.05) is 0 Å². The summed E-state index contributed by atoms with van der Waals surface area (Å²) in [6.07, 6.45) is 71.1. The van der Waals surface area contributed by atoms with Gasteiger partial charge in [0.15, 0.2) is 6.10 Å². The maximum Gasteiger partial charge on any atom is 0.306 e. The van der Waals surface area contributed by atoms with Crippen LogP contribution in [0.5, 0.6) is 0 Å². The van der Waals surface area contributed by atoms with Crippen molar-refractivity contribution in [1.29, 1.82) is 0 Å². The SMILES string of the molecule is CCCCCCC/C=C\C/C=C\CCCCCCCCCCCCCCCCCCCCCCCCCC(=O)OCC(COC(=O)CCCCCCCC)OC(=O)CCCCCCCCCCCCC. The third kappa shape index (κ3) is 56.8. The Morgan fingerprint density at radius 2 is 0.514 bits per heavy atom. The summed E-state index contributed by atoms with van der Waals surface area (Å²) in [5, 5.41) is 0. The van der Waals surface area contributed by atoms with E-state index in [9.17, 15) is 14.4 Å². The van der Waals surface area contributed by atoms with E-state index in [0.717, 1.165) is 64.2 Å². The minimum Gasteiger partial charge on any atom is -0.462 e. The summed E-state index contributed by atoms with van der Waals surface area (Å²) < 4.78 is 16.7. The number of carbonyl (C=O) groups excluding carboxylic acids is 3. The summed E-state index contributed by atoms with van der Waals surface area (Å²) in [7, 11) is 0. The molecule has 70 heavy (non-hydrogen) atoms. The Morgan fingerprint density at radius 1 is 0.286 bits per heavy atom. The number of ether oxygens (including phenoxy) is 3. The van der Waals surface area contributed by atoms with Gasteiger partial charge in [-0.2, -0.15) is 0 Å². The van der Waals surface area contributed by atoms with E-state index < -0.39 is 6.10 Å². The van der Waals surface area contributed by atoms with Crippen LogP contribution in [-0.2, 0) is 28.6 Å². The van der Waals surface area contributed by atoms with Crippen LogP contribution in [0.1, 0.15) is 348 Å². The number of hydrogen-bond acceptors (Lipinski definition) is 6. The molecule has 0 aliphatic carbocycles. The zero-order valence-electron chi connectivity index (χ0n) is 47.3. The van der Waals surface area contributed by atoms with Gasteiger partial charge in [0.05, 0.1) is 0 Å². The highest BCUT2D eigenvalue weighted by Crippen LogP contribution is 2.18. The molecule has 0 saturated carbocycles. The minimum atomic E-state index is -0.761. The molecule has 0 fully saturated rings. The van der Waals surface area contributed by atoms with Gasteiger partial charge in [-0.15, -0.1) is 0 Å². The Labute approximate surface area is 436 Å². The molecule has 0 aliphatic rings. The number of carbonyl (C=O) groups is 3. The summed E-state index contributed by atoms with van der Waals surface area (Å²) in [6, 6.07) is 0. The Bertz CT molecular complexity index is 1130. The Kier molecular flexibility index (Phi) is 57.7. The Hall–Kier alpha value is -2.11. The third-order valence-electron chi connectivity index (χ3n) is 14.2. The van der Waals surface area contributed by atoms with Crippen molar-refractivity contribution in [2.24, 2.45) is 0 Å². The molecule has 0 aromatic rings. The van der Waals surface area contributed by atoms with Gasteiger partial charge >= 0.3 is 17.9 Å². The molecule has 1 unspecified atom stereocenters. The third-order valence-corrected chi connectivity index (χ3v) is 14.2. The van der Waals surface area contributed by atoms with Gasteiger partial charge in [0.2, 0.25) is 0 Å². The zero-order valence-corrected chi connectivity index (χ0v) is 47.3. The van der Waals surface area contributed by atoms with Gasteiger partial charge in [0, 0.05) is 19.3 Å². The normalized spacial score (nSPS) is 12.1. The largest absolute Gasteiger partial charge is 0.462 e. The molecule has 0 spiro atoms. The molecule has 0 aliphatic heterocycles. The summed E-state index contributed by atoms with van der Waals surface area (Å²) in [5.41, 5.74) is 0. The van der Waals surface area contributed by atoms with Crippen LogP contribution in [0.2, 0.25) is 0 Å². The van der Waals surface area contributed by atoms with E-state index in [-0.39, 0.29) is 31.1 Å². The van der Waals surface area contributed by atoms with Gasteiger partial charge in [-0.1, -0.05) is 302 Å². The molecular weight excluding hydrogens is 865 g/mol. The predicted octanol–water partition coefficient (Wildman–Crippen LogP) is 21.1. The average Bonchev–Trinajstić information content (AvgIpc) is 3.36. The summed E-state index contributed by atoms with van der Waals surface area (Å²) in [6.45, 7) is 6.60. The summed E-state index contributed by atoms with van der Waals surface area (Å²) in [4.78, 5) is 37.8. The molecule has 1 atom stereocenters. The van der Waals surface area contributed by atoms with Crippen molar-refractivity contribution in [2.45, 2.75) is 354 Å². The zero-order chi connectivity index (χ0) is 50.7. The fourth-order valence-corrected chi connectivity index (χ4v) is 9.48. The first-order chi connectivity index (χ1) is 34.5. The first kappa shape index (κ1) is 67.9. The van der Waals surface area contributed by atoms with Crippen LogP contribution in [0.4, 0.5) is 0 Å². The standard InChI is InChI=1S/C64H120O6/c1-4-7-10-13-16-18-20-21-22-23-24-25-26-27-28-29-30-31-32-33-34-35-36-37-38-39-40-41-42-43-45-46-48-51-54-57-63(66)69-60-61(59-68-62(65)56-53-50-15-12-9-6-3)70-64(67)58-55-52-49-47-44-19-17-14-11-8-5-2/h20-21,23-24,61H,4-19,22,25-60H2,1-3H3/b21-20-,24-23-. The molecule has 0 bridgehead atoms. The first-order valence-electron chi connectivity index (χ1n) is 31.3. The van der Waals surface area contributed by atoms with Crippen molar-refractivity contribution in [3.63, 3.8) is 0 Å². The molecule has 0 aromatic carbocycles. The van der Waals surface area contributed by atoms with E-state index >= 15 is 0 Å². The lowest BCUT2D eigenvalue weighted by atomic mass is 10.0. The summed E-state index contributed by atoms with van der Waals surface area (Å²) >= 11 is 0. The second-order valence-corrected chi connectivity index (χ2v) is 21.3. The highest BCUT2D eigenvalue weighted by atomic mass is 16.6. The second kappa shape index (κ2) is 59.5. The molecule has 412 valence electrons. The van der Waals surface area contributed by atoms with Crippen LogP contribution in [0.15, 0.2) is 24.3 Å². The summed E-state index contributed by atoms with van der Waals surface area (Å²) in [5.74, 6) is -0.856. The van der Waals surface area contributed by atoms with Gasteiger partial charge in [0.25, 0.3) is 0 Å². The molecule has 6 heteroatoms. The molecule has 0 aromatic heterocycles. The predicted molar refractivity (Wildman–Crippen MR) is 303 cm³/mol. The molecule has 0 saturated heterocycles. The van der Waals surface area contributed by atoms with Crippen molar-refractivity contribution < 1.29 is 28.6 Å². The number of rotatable bonds is 58. The topological polar surface area (TPSA) is 78.9 Å². The highest BCUT2D eigenvalue weighted by molar-refractivity contribution is 5.71. The highest BCUT2D eigenvalue weighted by Gasteiger charge is 2.19. The van der Waals surface area contributed by atoms with Gasteiger partial charge < -0.3 is 14.2 Å². The van der Waals surface area contributed by atoms with Crippen molar-refractivity contribution >= 4 is 17.9 Å². The molecule has 6 nitrogen and oxygen atoms in total. The fourth-order valence-electron chi connectivity index (χ4n) is 9.48. The Morgan fingerprint density at radius 3 is 0.786 bits per heavy atom. The lowest BCUT2D eigenvalue weighted by Crippen LogP contribution is -2.30. The van der Waals surface area contributed by atoms with E-state index in [0.29, 0.717) is 19.3 Å². The molecule has 0 heterocycles. The van der Waals surface area contributed by atoms with E-state index in [2.05, 4.69) is 45.1 Å². The number of unbranched alkanes of at least 4 members (excludes halogenated alkanes) is 43. The lowest BCUT2D eigenvalue weighted by Gasteiger charge is -2.18. The number of esters is 3. The maximum absolute atomic E-state index is 12.7. The first-order valence-corrected chi connectivity index (χ1v) is 31.3. The monoisotopic (exact) mass is 985 g/mol. The van der Waals surface area contributed by atoms with E-state index in [1.165, 1.54) is 244 Å². The molecular formula is C64H120O6. The Balaban J connectivity index is 3.81. The number of hydrogen-bond donors (Lipinski definition) is 0. The van der Waals surface area contributed by atoms with Crippen LogP contribution in [0.25, 0.3) is 0 Å². The minimum absolute atomic E-state index is 0.0648.